The second kappa shape index (κ2) is 6.03. The van der Waals surface area contributed by atoms with Crippen molar-refractivity contribution < 1.29 is 19.5 Å². The molecular formula is C15H24N2O4. The molecule has 2 aliphatic rings. The summed E-state index contributed by atoms with van der Waals surface area (Å²) in [7, 11) is 0. The van der Waals surface area contributed by atoms with E-state index in [-0.39, 0.29) is 35.6 Å². The molecule has 0 saturated heterocycles. The van der Waals surface area contributed by atoms with E-state index in [0.29, 0.717) is 0 Å². The minimum atomic E-state index is -0.826. The summed E-state index contributed by atoms with van der Waals surface area (Å²) in [5, 5.41) is 14.9. The predicted molar refractivity (Wildman–Crippen MR) is 76.3 cm³/mol. The molecule has 0 aromatic rings. The average Bonchev–Trinajstić information content (AvgIpc) is 2.95. The number of nitrogens with one attached hydrogen (secondary N) is 2. The minimum absolute atomic E-state index is 0.0456. The molecule has 2 fully saturated rings. The lowest BCUT2D eigenvalue weighted by atomic mass is 9.84. The normalized spacial score (nSPS) is 32.0. The van der Waals surface area contributed by atoms with Crippen molar-refractivity contribution in [3.63, 3.8) is 0 Å². The van der Waals surface area contributed by atoms with Gasteiger partial charge in [0.1, 0.15) is 6.04 Å². The maximum atomic E-state index is 12.4. The summed E-state index contributed by atoms with van der Waals surface area (Å²) in [6, 6.07) is -0.917. The zero-order valence-corrected chi connectivity index (χ0v) is 12.8. The van der Waals surface area contributed by atoms with Gasteiger partial charge < -0.3 is 15.7 Å². The van der Waals surface area contributed by atoms with Gasteiger partial charge in [0, 0.05) is 13.0 Å². The molecular weight excluding hydrogens is 272 g/mol. The number of carbonyl (C=O) groups is 3. The highest BCUT2D eigenvalue weighted by Crippen LogP contribution is 2.48. The van der Waals surface area contributed by atoms with Gasteiger partial charge in [-0.1, -0.05) is 13.8 Å². The first-order valence-corrected chi connectivity index (χ1v) is 7.61. The number of carbonyl (C=O) groups excluding carboxylic acids is 2. The van der Waals surface area contributed by atoms with Gasteiger partial charge in [-0.2, -0.15) is 0 Å². The molecule has 21 heavy (non-hydrogen) atoms. The molecule has 5 atom stereocenters. The summed E-state index contributed by atoms with van der Waals surface area (Å²) in [5.41, 5.74) is 0. The van der Waals surface area contributed by atoms with Crippen molar-refractivity contribution in [2.24, 2.45) is 23.7 Å². The maximum Gasteiger partial charge on any atom is 0.308 e. The van der Waals surface area contributed by atoms with Crippen LogP contribution in [-0.2, 0) is 14.4 Å². The molecule has 2 amide bonds. The topological polar surface area (TPSA) is 95.5 Å². The van der Waals surface area contributed by atoms with E-state index in [2.05, 4.69) is 10.6 Å². The van der Waals surface area contributed by atoms with Crippen LogP contribution in [-0.4, -0.2) is 35.0 Å². The Hall–Kier alpha value is -1.59. The number of aliphatic carboxylic acids is 1. The van der Waals surface area contributed by atoms with Gasteiger partial charge in [0.25, 0.3) is 0 Å². The molecule has 0 radical (unpaired) electrons. The first-order valence-electron chi connectivity index (χ1n) is 7.61. The quantitative estimate of drug-likeness (QED) is 0.698. The lowest BCUT2D eigenvalue weighted by Gasteiger charge is -2.31. The van der Waals surface area contributed by atoms with Crippen molar-refractivity contribution in [1.29, 1.82) is 0 Å². The lowest BCUT2D eigenvalue weighted by molar-refractivity contribution is -0.145. The van der Waals surface area contributed by atoms with Crippen LogP contribution in [0.3, 0.4) is 0 Å². The van der Waals surface area contributed by atoms with Crippen molar-refractivity contribution in [2.45, 2.75) is 52.1 Å². The Bertz CT molecular complexity index is 449. The van der Waals surface area contributed by atoms with Crippen LogP contribution in [0.1, 0.15) is 40.0 Å². The second-order valence-electron chi connectivity index (χ2n) is 6.65. The van der Waals surface area contributed by atoms with Crippen LogP contribution >= 0.6 is 0 Å². The van der Waals surface area contributed by atoms with Gasteiger partial charge in [0.2, 0.25) is 11.8 Å². The van der Waals surface area contributed by atoms with Gasteiger partial charge in [0.05, 0.1) is 5.92 Å². The number of hydrogen-bond donors (Lipinski definition) is 3. The number of carboxylic acid groups (broad SMARTS) is 1. The van der Waals surface area contributed by atoms with Gasteiger partial charge in [-0.05, 0) is 37.0 Å². The number of rotatable bonds is 5. The van der Waals surface area contributed by atoms with E-state index in [0.717, 1.165) is 19.3 Å². The number of amides is 2. The van der Waals surface area contributed by atoms with Crippen LogP contribution in [0.15, 0.2) is 0 Å². The van der Waals surface area contributed by atoms with E-state index in [1.54, 1.807) is 0 Å². The van der Waals surface area contributed by atoms with Crippen LogP contribution < -0.4 is 10.6 Å². The third kappa shape index (κ3) is 3.19. The van der Waals surface area contributed by atoms with Crippen LogP contribution in [0.5, 0.6) is 0 Å². The van der Waals surface area contributed by atoms with E-state index >= 15 is 0 Å². The molecule has 2 saturated carbocycles. The first-order chi connectivity index (χ1) is 9.81. The Labute approximate surface area is 124 Å². The average molecular weight is 296 g/mol. The standard InChI is InChI=1S/C15H24N2O4/c1-7(2)12(16-8(3)18)14(19)17-13-10-5-4-9(6-10)11(13)15(20)21/h7,9-13H,4-6H2,1-3H3,(H,16,18)(H,17,19)(H,20,21). The van der Waals surface area contributed by atoms with Crippen LogP contribution in [0.2, 0.25) is 0 Å². The molecule has 5 unspecified atom stereocenters. The number of carboxylic acids is 1. The molecule has 118 valence electrons. The summed E-state index contributed by atoms with van der Waals surface area (Å²) in [5.74, 6) is -1.46. The molecule has 0 spiro atoms. The molecule has 0 aliphatic heterocycles. The second-order valence-corrected chi connectivity index (χ2v) is 6.65. The molecule has 2 aliphatic carbocycles. The summed E-state index contributed by atoms with van der Waals surface area (Å²) >= 11 is 0. The summed E-state index contributed by atoms with van der Waals surface area (Å²) in [6.07, 6.45) is 2.80. The van der Waals surface area contributed by atoms with Crippen LogP contribution in [0.25, 0.3) is 0 Å². The van der Waals surface area contributed by atoms with Crippen molar-refractivity contribution in [3.8, 4) is 0 Å². The Morgan fingerprint density at radius 1 is 1.14 bits per heavy atom. The fourth-order valence-corrected chi connectivity index (χ4v) is 3.86. The fraction of sp³-hybridized carbons (Fsp3) is 0.800. The smallest absolute Gasteiger partial charge is 0.308 e. The van der Waals surface area contributed by atoms with E-state index in [4.69, 9.17) is 0 Å². The van der Waals surface area contributed by atoms with Gasteiger partial charge in [-0.25, -0.2) is 0 Å². The lowest BCUT2D eigenvalue weighted by Crippen LogP contribution is -2.55. The van der Waals surface area contributed by atoms with Gasteiger partial charge in [-0.3, -0.25) is 14.4 Å². The third-order valence-corrected chi connectivity index (χ3v) is 4.82. The zero-order valence-electron chi connectivity index (χ0n) is 12.8. The maximum absolute atomic E-state index is 12.4. The van der Waals surface area contributed by atoms with E-state index < -0.39 is 17.9 Å². The molecule has 2 bridgehead atoms. The van der Waals surface area contributed by atoms with Crippen molar-refractivity contribution in [3.05, 3.63) is 0 Å². The highest BCUT2D eigenvalue weighted by atomic mass is 16.4. The highest BCUT2D eigenvalue weighted by Gasteiger charge is 2.51. The summed E-state index contributed by atoms with van der Waals surface area (Å²) in [4.78, 5) is 35.1. The predicted octanol–water partition coefficient (Wildman–Crippen LogP) is 0.763. The Kier molecular flexibility index (Phi) is 4.54. The van der Waals surface area contributed by atoms with E-state index in [1.807, 2.05) is 13.8 Å². The molecule has 0 aromatic heterocycles. The van der Waals surface area contributed by atoms with E-state index in [1.165, 1.54) is 6.92 Å². The number of fused-ring (bicyclic) bond motifs is 2. The van der Waals surface area contributed by atoms with Crippen molar-refractivity contribution in [2.75, 3.05) is 0 Å². The van der Waals surface area contributed by atoms with Gasteiger partial charge in [0.15, 0.2) is 0 Å². The monoisotopic (exact) mass is 296 g/mol. The molecule has 3 N–H and O–H groups in total. The molecule has 6 heteroatoms. The number of hydrogen-bond acceptors (Lipinski definition) is 3. The van der Waals surface area contributed by atoms with Crippen molar-refractivity contribution >= 4 is 17.8 Å². The largest absolute Gasteiger partial charge is 0.481 e. The van der Waals surface area contributed by atoms with Crippen LogP contribution in [0.4, 0.5) is 0 Å². The third-order valence-electron chi connectivity index (χ3n) is 4.82. The Morgan fingerprint density at radius 3 is 2.29 bits per heavy atom. The highest BCUT2D eigenvalue weighted by molar-refractivity contribution is 5.87. The van der Waals surface area contributed by atoms with Crippen molar-refractivity contribution in [1.82, 2.24) is 10.6 Å². The zero-order chi connectivity index (χ0) is 15.7. The van der Waals surface area contributed by atoms with E-state index in [9.17, 15) is 19.5 Å². The van der Waals surface area contributed by atoms with Crippen LogP contribution in [0, 0.1) is 23.7 Å². The molecule has 2 rings (SSSR count). The molecule has 6 nitrogen and oxygen atoms in total. The first kappa shape index (κ1) is 15.8. The molecule has 0 aromatic carbocycles. The Morgan fingerprint density at radius 2 is 1.76 bits per heavy atom. The summed E-state index contributed by atoms with van der Waals surface area (Å²) in [6.45, 7) is 5.09. The fourth-order valence-electron chi connectivity index (χ4n) is 3.86. The van der Waals surface area contributed by atoms with Gasteiger partial charge in [-0.15, -0.1) is 0 Å². The SMILES string of the molecule is CC(=O)NC(C(=O)NC1C2CCC(C2)C1C(=O)O)C(C)C. The molecule has 0 heterocycles. The van der Waals surface area contributed by atoms with Gasteiger partial charge >= 0.3 is 5.97 Å². The minimum Gasteiger partial charge on any atom is -0.481 e. The Balaban J connectivity index is 2.06. The summed E-state index contributed by atoms with van der Waals surface area (Å²) < 4.78 is 0.